The lowest BCUT2D eigenvalue weighted by molar-refractivity contribution is -0.270. The molecule has 0 aliphatic carbocycles. The first kappa shape index (κ1) is 32.7. The standard InChI is InChI=1S/C17H27N5O15P2S2/c1-40-41-3-6-9(24)10(25)12(27)16(35-6)36-39(31,32)37-38(29,30)33-2-5-8(23)11(26)15(34-5)22-4-19-7-13(22)20-17(18)21-14(7)28/h4-6,8-12,15-16,23-27H,2-3H2,1H3,(H,29,30)(H,31,32)(H3,18,20,21,28). The van der Waals surface area contributed by atoms with Gasteiger partial charge in [0.05, 0.1) is 19.0 Å². The highest BCUT2D eigenvalue weighted by Gasteiger charge is 2.49. The van der Waals surface area contributed by atoms with E-state index in [1.807, 2.05) is 0 Å². The van der Waals surface area contributed by atoms with Gasteiger partial charge in [0, 0.05) is 5.75 Å². The zero-order valence-corrected chi connectivity index (χ0v) is 24.1. The number of fused-ring (bicyclic) bond motifs is 1. The van der Waals surface area contributed by atoms with E-state index in [4.69, 9.17) is 15.2 Å². The summed E-state index contributed by atoms with van der Waals surface area (Å²) in [4.78, 5) is 42.0. The van der Waals surface area contributed by atoms with Crippen molar-refractivity contribution in [2.75, 3.05) is 24.3 Å². The van der Waals surface area contributed by atoms with Crippen molar-refractivity contribution in [3.05, 3.63) is 16.7 Å². The molecule has 4 heterocycles. The van der Waals surface area contributed by atoms with Crippen molar-refractivity contribution in [1.29, 1.82) is 0 Å². The van der Waals surface area contributed by atoms with Gasteiger partial charge in [-0.15, -0.1) is 0 Å². The molecular formula is C17H27N5O15P2S2. The minimum absolute atomic E-state index is 0.0789. The number of hydrogen-bond donors (Lipinski definition) is 9. The van der Waals surface area contributed by atoms with Gasteiger partial charge in [-0.3, -0.25) is 23.4 Å². The van der Waals surface area contributed by atoms with Crippen LogP contribution in [-0.4, -0.2) is 122 Å². The fourth-order valence-electron chi connectivity index (χ4n) is 3.97. The molecule has 0 amide bonds. The number of nitrogen functional groups attached to an aromatic ring is 1. The Morgan fingerprint density at radius 3 is 2.41 bits per heavy atom. The Morgan fingerprint density at radius 2 is 1.73 bits per heavy atom. The number of anilines is 1. The second-order valence-electron chi connectivity index (χ2n) is 8.71. The molecule has 4 rings (SSSR count). The highest BCUT2D eigenvalue weighted by Crippen LogP contribution is 2.61. The van der Waals surface area contributed by atoms with E-state index >= 15 is 0 Å². The van der Waals surface area contributed by atoms with Gasteiger partial charge in [0.15, 0.2) is 23.7 Å². The summed E-state index contributed by atoms with van der Waals surface area (Å²) in [5, 5.41) is 51.0. The van der Waals surface area contributed by atoms with E-state index < -0.39 is 83.1 Å². The zero-order chi connectivity index (χ0) is 30.3. The van der Waals surface area contributed by atoms with Crippen LogP contribution >= 0.6 is 37.2 Å². The Balaban J connectivity index is 1.38. The zero-order valence-electron chi connectivity index (χ0n) is 20.7. The second kappa shape index (κ2) is 12.8. The van der Waals surface area contributed by atoms with Crippen molar-refractivity contribution >= 4 is 54.3 Å². The van der Waals surface area contributed by atoms with Crippen LogP contribution in [0.15, 0.2) is 11.1 Å². The van der Waals surface area contributed by atoms with E-state index in [0.29, 0.717) is 0 Å². The molecule has 2 fully saturated rings. The summed E-state index contributed by atoms with van der Waals surface area (Å²) in [6.07, 6.45) is -12.2. The molecule has 2 saturated heterocycles. The molecule has 0 bridgehead atoms. The third kappa shape index (κ3) is 7.32. The van der Waals surface area contributed by atoms with E-state index in [9.17, 15) is 49.2 Å². The number of aromatic nitrogens is 4. The van der Waals surface area contributed by atoms with Crippen molar-refractivity contribution < 1.29 is 67.3 Å². The Morgan fingerprint density at radius 1 is 1.05 bits per heavy atom. The summed E-state index contributed by atoms with van der Waals surface area (Å²) >= 11 is 0. The number of aliphatic hydroxyl groups is 5. The maximum absolute atomic E-state index is 12.4. The van der Waals surface area contributed by atoms with Crippen molar-refractivity contribution in [1.82, 2.24) is 19.5 Å². The highest BCUT2D eigenvalue weighted by atomic mass is 33.1. The monoisotopic (exact) mass is 667 g/mol. The topological polar surface area (TPSA) is 311 Å². The van der Waals surface area contributed by atoms with Crippen LogP contribution in [0.1, 0.15) is 6.23 Å². The fraction of sp³-hybridized carbons (Fsp3) is 0.706. The van der Waals surface area contributed by atoms with Crippen molar-refractivity contribution in [3.63, 3.8) is 0 Å². The number of phosphoric acid groups is 2. The number of hydrogen-bond acceptors (Lipinski definition) is 18. The fourth-order valence-corrected chi connectivity index (χ4v) is 7.49. The van der Waals surface area contributed by atoms with Crippen LogP contribution < -0.4 is 11.3 Å². The van der Waals surface area contributed by atoms with E-state index in [1.54, 1.807) is 6.26 Å². The lowest BCUT2D eigenvalue weighted by Gasteiger charge is -2.40. The molecule has 2 aromatic rings. The molecule has 0 spiro atoms. The van der Waals surface area contributed by atoms with Crippen LogP contribution in [0.4, 0.5) is 5.95 Å². The molecule has 2 aliphatic heterocycles. The summed E-state index contributed by atoms with van der Waals surface area (Å²) < 4.78 is 50.1. The van der Waals surface area contributed by atoms with Crippen molar-refractivity contribution in [2.24, 2.45) is 0 Å². The summed E-state index contributed by atoms with van der Waals surface area (Å²) in [6.45, 7) is -0.966. The summed E-state index contributed by atoms with van der Waals surface area (Å²) in [5.41, 5.74) is 4.60. The normalized spacial score (nSPS) is 35.4. The number of aliphatic hydroxyl groups excluding tert-OH is 5. The van der Waals surface area contributed by atoms with Gasteiger partial charge in [-0.05, 0) is 6.26 Å². The minimum atomic E-state index is -5.54. The molecule has 2 aromatic heterocycles. The Hall–Kier alpha value is -1.17. The van der Waals surface area contributed by atoms with Crippen LogP contribution in [0.5, 0.6) is 0 Å². The third-order valence-corrected chi connectivity index (χ3v) is 10.3. The van der Waals surface area contributed by atoms with Gasteiger partial charge in [0.25, 0.3) is 5.56 Å². The van der Waals surface area contributed by atoms with E-state index in [0.717, 1.165) is 10.9 Å². The van der Waals surface area contributed by atoms with Crippen molar-refractivity contribution in [3.8, 4) is 0 Å². The Kier molecular flexibility index (Phi) is 10.2. The number of phosphoric ester groups is 2. The Labute approximate surface area is 237 Å². The number of nitrogens with zero attached hydrogens (tertiary/aromatic N) is 3. The predicted octanol–water partition coefficient (Wildman–Crippen LogP) is -2.61. The lowest BCUT2D eigenvalue weighted by atomic mass is 10.0. The van der Waals surface area contributed by atoms with Crippen LogP contribution in [0.25, 0.3) is 11.2 Å². The maximum atomic E-state index is 12.4. The quantitative estimate of drug-likeness (QED) is 0.0875. The summed E-state index contributed by atoms with van der Waals surface area (Å²) in [7, 11) is -8.49. The van der Waals surface area contributed by atoms with Gasteiger partial charge in [-0.1, -0.05) is 21.6 Å². The molecule has 0 radical (unpaired) electrons. The molecule has 2 aliphatic rings. The summed E-state index contributed by atoms with van der Waals surface area (Å²) in [5.74, 6) is -0.187. The molecule has 10 N–H and O–H groups in total. The number of ether oxygens (including phenoxy) is 2. The molecule has 20 nitrogen and oxygen atoms in total. The van der Waals surface area contributed by atoms with Gasteiger partial charge in [-0.25, -0.2) is 14.1 Å². The first-order valence-electron chi connectivity index (χ1n) is 11.4. The van der Waals surface area contributed by atoms with Gasteiger partial charge < -0.3 is 50.5 Å². The van der Waals surface area contributed by atoms with E-state index in [1.165, 1.54) is 21.6 Å². The van der Waals surface area contributed by atoms with Gasteiger partial charge in [-0.2, -0.15) is 9.29 Å². The number of imidazole rings is 1. The van der Waals surface area contributed by atoms with Crippen LogP contribution in [0.3, 0.4) is 0 Å². The van der Waals surface area contributed by atoms with Crippen LogP contribution in [0, 0.1) is 0 Å². The van der Waals surface area contributed by atoms with Crippen LogP contribution in [-0.2, 0) is 32.0 Å². The first-order valence-corrected chi connectivity index (χ1v) is 17.1. The number of nitrogens with one attached hydrogen (secondary N) is 1. The summed E-state index contributed by atoms with van der Waals surface area (Å²) in [6, 6.07) is 0. The molecule has 0 aromatic carbocycles. The second-order valence-corrected chi connectivity index (χ2v) is 14.3. The molecule has 41 heavy (non-hydrogen) atoms. The number of H-pyrrole nitrogens is 1. The maximum Gasteiger partial charge on any atom is 0.483 e. The number of nitrogens with two attached hydrogens (primary N) is 1. The van der Waals surface area contributed by atoms with Gasteiger partial charge >= 0.3 is 15.6 Å². The molecule has 0 saturated carbocycles. The largest absolute Gasteiger partial charge is 0.483 e. The van der Waals surface area contributed by atoms with E-state index in [2.05, 4.69) is 28.3 Å². The third-order valence-electron chi connectivity index (χ3n) is 5.93. The predicted molar refractivity (Wildman–Crippen MR) is 139 cm³/mol. The van der Waals surface area contributed by atoms with Crippen molar-refractivity contribution in [2.45, 2.75) is 55.2 Å². The molecule has 232 valence electrons. The molecule has 11 atom stereocenters. The smallest absolute Gasteiger partial charge is 0.388 e. The number of rotatable bonds is 11. The average Bonchev–Trinajstić information content (AvgIpc) is 3.42. The number of aromatic amines is 1. The molecule has 11 unspecified atom stereocenters. The lowest BCUT2D eigenvalue weighted by Crippen LogP contribution is -2.58. The van der Waals surface area contributed by atoms with E-state index in [-0.39, 0.29) is 22.9 Å². The van der Waals surface area contributed by atoms with Gasteiger partial charge in [0.1, 0.15) is 36.6 Å². The highest BCUT2D eigenvalue weighted by molar-refractivity contribution is 8.76. The molecule has 24 heteroatoms. The Bertz CT molecular complexity index is 1380. The SMILES string of the molecule is CSSCC1OC(OP(=O)(O)OP(=O)(O)OCC2OC(n3cnc4c(=O)[nH]c(N)nc43)C(O)C2O)C(O)C(O)C1O. The molecular weight excluding hydrogens is 640 g/mol. The first-order chi connectivity index (χ1) is 19.1. The van der Waals surface area contributed by atoms with Crippen LogP contribution in [0.2, 0.25) is 0 Å². The van der Waals surface area contributed by atoms with Gasteiger partial charge in [0.2, 0.25) is 5.95 Å². The minimum Gasteiger partial charge on any atom is -0.388 e. The average molecular weight is 668 g/mol.